The van der Waals surface area contributed by atoms with E-state index < -0.39 is 0 Å². The molecule has 2 saturated heterocycles. The number of amides is 3. The van der Waals surface area contributed by atoms with E-state index in [1.807, 2.05) is 14.7 Å². The van der Waals surface area contributed by atoms with Crippen LogP contribution in [-0.4, -0.2) is 65.4 Å². The molecule has 3 aliphatic rings. The van der Waals surface area contributed by atoms with Gasteiger partial charge in [-0.25, -0.2) is 4.79 Å². The van der Waals surface area contributed by atoms with Crippen LogP contribution in [0.2, 0.25) is 0 Å². The van der Waals surface area contributed by atoms with Crippen LogP contribution < -0.4 is 5.73 Å². The minimum Gasteiger partial charge on any atom is -0.339 e. The Morgan fingerprint density at radius 1 is 1.26 bits per heavy atom. The van der Waals surface area contributed by atoms with Gasteiger partial charge in [0, 0.05) is 43.6 Å². The zero-order valence-electron chi connectivity index (χ0n) is 16.1. The topological polar surface area (TPSA) is 69.9 Å². The molecule has 3 amide bonds. The van der Waals surface area contributed by atoms with Crippen LogP contribution in [0.25, 0.3) is 0 Å². The summed E-state index contributed by atoms with van der Waals surface area (Å²) in [5.74, 6) is 0.566. The molecule has 148 valence electrons. The van der Waals surface area contributed by atoms with Crippen LogP contribution in [0.3, 0.4) is 0 Å². The van der Waals surface area contributed by atoms with Gasteiger partial charge in [-0.2, -0.15) is 0 Å². The van der Waals surface area contributed by atoms with Gasteiger partial charge in [0.15, 0.2) is 0 Å². The SMILES string of the molecule is CC1CC(CN)CN1C(=O)C1CCCN(C(=O)N2CCc3sccc3C2)C1. The zero-order valence-corrected chi connectivity index (χ0v) is 16.9. The number of hydrogen-bond acceptors (Lipinski definition) is 4. The molecular weight excluding hydrogens is 360 g/mol. The average molecular weight is 391 g/mol. The molecule has 27 heavy (non-hydrogen) atoms. The number of hydrogen-bond donors (Lipinski definition) is 1. The van der Waals surface area contributed by atoms with E-state index in [0.717, 1.165) is 45.3 Å². The summed E-state index contributed by atoms with van der Waals surface area (Å²) < 4.78 is 0. The van der Waals surface area contributed by atoms with Crippen molar-refractivity contribution in [2.24, 2.45) is 17.6 Å². The molecule has 1 aromatic heterocycles. The first-order valence-electron chi connectivity index (χ1n) is 10.2. The van der Waals surface area contributed by atoms with Crippen molar-refractivity contribution >= 4 is 23.3 Å². The molecule has 3 atom stereocenters. The zero-order chi connectivity index (χ0) is 19.0. The molecule has 0 radical (unpaired) electrons. The summed E-state index contributed by atoms with van der Waals surface area (Å²) in [5.41, 5.74) is 7.09. The highest BCUT2D eigenvalue weighted by Gasteiger charge is 2.38. The molecule has 2 fully saturated rings. The second-order valence-electron chi connectivity index (χ2n) is 8.29. The average Bonchev–Trinajstić information content (AvgIpc) is 3.32. The van der Waals surface area contributed by atoms with Gasteiger partial charge in [0.05, 0.1) is 5.92 Å². The third kappa shape index (κ3) is 3.72. The molecule has 4 heterocycles. The molecule has 2 N–H and O–H groups in total. The number of nitrogens with zero attached hydrogens (tertiary/aromatic N) is 3. The Morgan fingerprint density at radius 2 is 2.11 bits per heavy atom. The number of urea groups is 1. The first-order valence-corrected chi connectivity index (χ1v) is 11.0. The van der Waals surface area contributed by atoms with E-state index in [2.05, 4.69) is 18.4 Å². The Balaban J connectivity index is 1.38. The second-order valence-corrected chi connectivity index (χ2v) is 9.29. The van der Waals surface area contributed by atoms with Gasteiger partial charge in [0.1, 0.15) is 0 Å². The van der Waals surface area contributed by atoms with Crippen molar-refractivity contribution < 1.29 is 9.59 Å². The van der Waals surface area contributed by atoms with Gasteiger partial charge in [-0.15, -0.1) is 11.3 Å². The lowest BCUT2D eigenvalue weighted by atomic mass is 9.96. The number of piperidine rings is 1. The molecule has 3 aliphatic heterocycles. The van der Waals surface area contributed by atoms with Crippen molar-refractivity contribution in [3.05, 3.63) is 21.9 Å². The summed E-state index contributed by atoms with van der Waals surface area (Å²) in [7, 11) is 0. The smallest absolute Gasteiger partial charge is 0.320 e. The molecule has 0 spiro atoms. The lowest BCUT2D eigenvalue weighted by Gasteiger charge is -2.38. The summed E-state index contributed by atoms with van der Waals surface area (Å²) in [4.78, 5) is 33.4. The van der Waals surface area contributed by atoms with E-state index in [-0.39, 0.29) is 23.9 Å². The third-order valence-corrected chi connectivity index (χ3v) is 7.42. The fourth-order valence-electron chi connectivity index (χ4n) is 4.82. The molecular formula is C20H30N4O2S. The van der Waals surface area contributed by atoms with E-state index in [1.54, 1.807) is 11.3 Å². The fourth-order valence-corrected chi connectivity index (χ4v) is 5.71. The predicted octanol–water partition coefficient (Wildman–Crippen LogP) is 2.13. The van der Waals surface area contributed by atoms with E-state index in [9.17, 15) is 9.59 Å². The van der Waals surface area contributed by atoms with Crippen molar-refractivity contribution in [3.63, 3.8) is 0 Å². The van der Waals surface area contributed by atoms with Crippen molar-refractivity contribution in [3.8, 4) is 0 Å². The predicted molar refractivity (Wildman–Crippen MR) is 106 cm³/mol. The van der Waals surface area contributed by atoms with Crippen LogP contribution in [0, 0.1) is 11.8 Å². The first-order chi connectivity index (χ1) is 13.1. The Hall–Kier alpha value is -1.60. The molecule has 6 nitrogen and oxygen atoms in total. The maximum Gasteiger partial charge on any atom is 0.320 e. The summed E-state index contributed by atoms with van der Waals surface area (Å²) >= 11 is 1.78. The number of nitrogens with two attached hydrogens (primary N) is 1. The van der Waals surface area contributed by atoms with E-state index in [0.29, 0.717) is 25.6 Å². The highest BCUT2D eigenvalue weighted by molar-refractivity contribution is 7.10. The van der Waals surface area contributed by atoms with E-state index in [4.69, 9.17) is 5.73 Å². The van der Waals surface area contributed by atoms with E-state index >= 15 is 0 Å². The monoisotopic (exact) mass is 390 g/mol. The Morgan fingerprint density at radius 3 is 2.89 bits per heavy atom. The second kappa shape index (κ2) is 7.80. The number of likely N-dealkylation sites (tertiary alicyclic amines) is 2. The lowest BCUT2D eigenvalue weighted by Crippen LogP contribution is -2.52. The molecule has 0 aliphatic carbocycles. The molecule has 1 aromatic rings. The van der Waals surface area contributed by atoms with Gasteiger partial charge in [-0.1, -0.05) is 0 Å². The van der Waals surface area contributed by atoms with Crippen LogP contribution in [0.1, 0.15) is 36.6 Å². The van der Waals surface area contributed by atoms with Gasteiger partial charge in [-0.05, 0) is 62.1 Å². The van der Waals surface area contributed by atoms with Crippen LogP contribution in [0.5, 0.6) is 0 Å². The fraction of sp³-hybridized carbons (Fsp3) is 0.700. The summed E-state index contributed by atoms with van der Waals surface area (Å²) in [6.45, 7) is 6.33. The van der Waals surface area contributed by atoms with Crippen molar-refractivity contribution in [2.45, 2.75) is 45.2 Å². The summed E-state index contributed by atoms with van der Waals surface area (Å²) in [6.07, 6.45) is 3.73. The molecule has 0 aromatic carbocycles. The molecule has 0 bridgehead atoms. The minimum atomic E-state index is -0.0665. The van der Waals surface area contributed by atoms with Gasteiger partial charge in [-0.3, -0.25) is 4.79 Å². The highest BCUT2D eigenvalue weighted by Crippen LogP contribution is 2.29. The molecule has 3 unspecified atom stereocenters. The quantitative estimate of drug-likeness (QED) is 0.841. The summed E-state index contributed by atoms with van der Waals surface area (Å²) in [5, 5.41) is 2.11. The number of thiophene rings is 1. The van der Waals surface area contributed by atoms with Crippen LogP contribution in [0.4, 0.5) is 4.79 Å². The third-order valence-electron chi connectivity index (χ3n) is 6.40. The number of carbonyl (C=O) groups is 2. The standard InChI is InChI=1S/C20H30N4O2S/c1-14-9-15(10-21)11-24(14)19(25)17-3-2-6-22(13-17)20(26)23-7-4-18-16(12-23)5-8-27-18/h5,8,14-15,17H,2-4,6-7,9-13,21H2,1H3. The van der Waals surface area contributed by atoms with Crippen LogP contribution in [0.15, 0.2) is 11.4 Å². The van der Waals surface area contributed by atoms with Gasteiger partial charge in [0.25, 0.3) is 0 Å². The Bertz CT molecular complexity index is 706. The molecule has 7 heteroatoms. The van der Waals surface area contributed by atoms with Crippen molar-refractivity contribution in [1.82, 2.24) is 14.7 Å². The molecule has 4 rings (SSSR count). The maximum absolute atomic E-state index is 13.1. The lowest BCUT2D eigenvalue weighted by molar-refractivity contribution is -0.137. The van der Waals surface area contributed by atoms with Crippen molar-refractivity contribution in [1.29, 1.82) is 0 Å². The van der Waals surface area contributed by atoms with Crippen molar-refractivity contribution in [2.75, 3.05) is 32.7 Å². The van der Waals surface area contributed by atoms with Gasteiger partial charge >= 0.3 is 6.03 Å². The molecule has 0 saturated carbocycles. The van der Waals surface area contributed by atoms with Crippen LogP contribution in [-0.2, 0) is 17.8 Å². The highest BCUT2D eigenvalue weighted by atomic mass is 32.1. The van der Waals surface area contributed by atoms with Gasteiger partial charge < -0.3 is 20.4 Å². The normalized spacial score (nSPS) is 28.4. The minimum absolute atomic E-state index is 0.0665. The maximum atomic E-state index is 13.1. The Kier molecular flexibility index (Phi) is 5.41. The van der Waals surface area contributed by atoms with Gasteiger partial charge in [0.2, 0.25) is 5.91 Å². The van der Waals surface area contributed by atoms with Crippen LogP contribution >= 0.6 is 11.3 Å². The number of rotatable bonds is 2. The number of fused-ring (bicyclic) bond motifs is 1. The van der Waals surface area contributed by atoms with E-state index in [1.165, 1.54) is 10.4 Å². The first kappa shape index (κ1) is 18.7. The number of carbonyl (C=O) groups excluding carboxylic acids is 2. The summed E-state index contributed by atoms with van der Waals surface area (Å²) in [6, 6.07) is 2.49. The Labute approximate surface area is 165 Å². The largest absolute Gasteiger partial charge is 0.339 e.